The van der Waals surface area contributed by atoms with E-state index in [0.29, 0.717) is 36.1 Å². The number of hydrogen-bond donors (Lipinski definition) is 0. The SMILES string of the molecule is CCOc1cc(/C=C2\SC(=O)N(CC(=O)N3CCCCC3)C2=O)ccc1OC. The highest BCUT2D eigenvalue weighted by Crippen LogP contribution is 2.34. The van der Waals surface area contributed by atoms with E-state index in [1.54, 1.807) is 36.3 Å². The van der Waals surface area contributed by atoms with Crippen LogP contribution in [-0.2, 0) is 9.59 Å². The van der Waals surface area contributed by atoms with Gasteiger partial charge in [-0.3, -0.25) is 19.3 Å². The fourth-order valence-corrected chi connectivity index (χ4v) is 4.06. The van der Waals surface area contributed by atoms with Crippen molar-refractivity contribution in [2.45, 2.75) is 26.2 Å². The molecule has 0 radical (unpaired) electrons. The molecular formula is C20H24N2O5S. The number of carbonyl (C=O) groups is 3. The van der Waals surface area contributed by atoms with Crippen LogP contribution >= 0.6 is 11.8 Å². The van der Waals surface area contributed by atoms with Gasteiger partial charge in [0.1, 0.15) is 6.54 Å². The minimum atomic E-state index is -0.436. The molecular weight excluding hydrogens is 380 g/mol. The summed E-state index contributed by atoms with van der Waals surface area (Å²) >= 11 is 0.850. The molecule has 0 N–H and O–H groups in total. The van der Waals surface area contributed by atoms with Gasteiger partial charge in [0.25, 0.3) is 11.1 Å². The van der Waals surface area contributed by atoms with E-state index < -0.39 is 11.1 Å². The minimum Gasteiger partial charge on any atom is -0.493 e. The Labute approximate surface area is 168 Å². The Morgan fingerprint density at radius 1 is 1.18 bits per heavy atom. The average molecular weight is 404 g/mol. The van der Waals surface area contributed by atoms with E-state index in [1.165, 1.54) is 0 Å². The fourth-order valence-electron chi connectivity index (χ4n) is 3.22. The highest BCUT2D eigenvalue weighted by molar-refractivity contribution is 8.18. The maximum absolute atomic E-state index is 12.7. The maximum Gasteiger partial charge on any atom is 0.294 e. The molecule has 0 unspecified atom stereocenters. The molecule has 0 aliphatic carbocycles. The van der Waals surface area contributed by atoms with Crippen molar-refractivity contribution in [2.75, 3.05) is 33.4 Å². The van der Waals surface area contributed by atoms with Gasteiger partial charge in [-0.2, -0.15) is 0 Å². The number of nitrogens with zero attached hydrogens (tertiary/aromatic N) is 2. The van der Waals surface area contributed by atoms with Crippen LogP contribution in [0, 0.1) is 0 Å². The molecule has 0 aromatic heterocycles. The lowest BCUT2D eigenvalue weighted by Gasteiger charge is -2.27. The van der Waals surface area contributed by atoms with E-state index in [9.17, 15) is 14.4 Å². The number of piperidine rings is 1. The standard InChI is InChI=1S/C20H24N2O5S/c1-3-27-16-11-14(7-8-15(16)26-2)12-17-19(24)22(20(25)28-17)13-18(23)21-9-5-4-6-10-21/h7-8,11-12H,3-6,9-10,13H2,1-2H3/b17-12-. The van der Waals surface area contributed by atoms with Crippen LogP contribution in [0.1, 0.15) is 31.7 Å². The van der Waals surface area contributed by atoms with Gasteiger partial charge in [-0.25, -0.2) is 0 Å². The van der Waals surface area contributed by atoms with Crippen molar-refractivity contribution in [2.24, 2.45) is 0 Å². The predicted octanol–water partition coefficient (Wildman–Crippen LogP) is 3.14. The number of thioether (sulfide) groups is 1. The largest absolute Gasteiger partial charge is 0.493 e. The molecule has 8 heteroatoms. The number of hydrogen-bond acceptors (Lipinski definition) is 6. The topological polar surface area (TPSA) is 76.2 Å². The van der Waals surface area contributed by atoms with Gasteiger partial charge in [0.05, 0.1) is 18.6 Å². The number of methoxy groups -OCH3 is 1. The smallest absolute Gasteiger partial charge is 0.294 e. The molecule has 150 valence electrons. The van der Waals surface area contributed by atoms with E-state index >= 15 is 0 Å². The molecule has 2 saturated heterocycles. The van der Waals surface area contributed by atoms with Crippen LogP contribution in [0.3, 0.4) is 0 Å². The molecule has 1 aromatic rings. The number of amides is 3. The number of ether oxygens (including phenoxy) is 2. The molecule has 0 saturated carbocycles. The number of imide groups is 1. The Morgan fingerprint density at radius 3 is 2.61 bits per heavy atom. The third kappa shape index (κ3) is 4.49. The van der Waals surface area contributed by atoms with Gasteiger partial charge in [0, 0.05) is 13.1 Å². The molecule has 2 heterocycles. The summed E-state index contributed by atoms with van der Waals surface area (Å²) in [7, 11) is 1.56. The van der Waals surface area contributed by atoms with Crippen LogP contribution in [-0.4, -0.2) is 60.2 Å². The lowest BCUT2D eigenvalue weighted by Crippen LogP contribution is -2.44. The zero-order valence-corrected chi connectivity index (χ0v) is 16.9. The van der Waals surface area contributed by atoms with Crippen molar-refractivity contribution in [1.29, 1.82) is 0 Å². The first-order valence-corrected chi connectivity index (χ1v) is 10.2. The van der Waals surface area contributed by atoms with E-state index in [4.69, 9.17) is 9.47 Å². The van der Waals surface area contributed by atoms with Crippen LogP contribution in [0.2, 0.25) is 0 Å². The summed E-state index contributed by atoms with van der Waals surface area (Å²) in [5.41, 5.74) is 0.720. The normalized spacial score (nSPS) is 18.7. The number of carbonyl (C=O) groups excluding carboxylic acids is 3. The third-order valence-electron chi connectivity index (χ3n) is 4.66. The first-order valence-electron chi connectivity index (χ1n) is 9.37. The van der Waals surface area contributed by atoms with Crippen LogP contribution in [0.25, 0.3) is 6.08 Å². The van der Waals surface area contributed by atoms with Gasteiger partial charge >= 0.3 is 0 Å². The lowest BCUT2D eigenvalue weighted by atomic mass is 10.1. The predicted molar refractivity (Wildman–Crippen MR) is 107 cm³/mol. The zero-order valence-electron chi connectivity index (χ0n) is 16.1. The van der Waals surface area contributed by atoms with Crippen LogP contribution in [0.4, 0.5) is 4.79 Å². The second-order valence-electron chi connectivity index (χ2n) is 6.55. The number of likely N-dealkylation sites (tertiary alicyclic amines) is 1. The van der Waals surface area contributed by atoms with Crippen LogP contribution in [0.15, 0.2) is 23.1 Å². The van der Waals surface area contributed by atoms with Crippen molar-refractivity contribution < 1.29 is 23.9 Å². The molecule has 7 nitrogen and oxygen atoms in total. The molecule has 28 heavy (non-hydrogen) atoms. The lowest BCUT2D eigenvalue weighted by molar-refractivity contribution is -0.136. The first-order chi connectivity index (χ1) is 13.5. The monoisotopic (exact) mass is 404 g/mol. The molecule has 0 spiro atoms. The summed E-state index contributed by atoms with van der Waals surface area (Å²) in [6, 6.07) is 5.30. The van der Waals surface area contributed by atoms with E-state index in [-0.39, 0.29) is 12.5 Å². The summed E-state index contributed by atoms with van der Waals surface area (Å²) in [4.78, 5) is 40.4. The Bertz CT molecular complexity index is 802. The summed E-state index contributed by atoms with van der Waals surface area (Å²) in [5, 5.41) is -0.417. The van der Waals surface area contributed by atoms with Gasteiger partial charge in [-0.15, -0.1) is 0 Å². The fraction of sp³-hybridized carbons (Fsp3) is 0.450. The second kappa shape index (κ2) is 9.14. The summed E-state index contributed by atoms with van der Waals surface area (Å²) in [6.07, 6.45) is 4.68. The summed E-state index contributed by atoms with van der Waals surface area (Å²) in [6.45, 7) is 3.54. The summed E-state index contributed by atoms with van der Waals surface area (Å²) < 4.78 is 10.8. The zero-order chi connectivity index (χ0) is 20.1. The molecule has 2 aliphatic rings. The minimum absolute atomic E-state index is 0.175. The second-order valence-corrected chi connectivity index (χ2v) is 7.55. The Balaban J connectivity index is 1.73. The average Bonchev–Trinajstić information content (AvgIpc) is 2.96. The van der Waals surface area contributed by atoms with E-state index in [1.807, 2.05) is 6.92 Å². The van der Waals surface area contributed by atoms with Crippen molar-refractivity contribution in [1.82, 2.24) is 9.80 Å². The molecule has 0 bridgehead atoms. The molecule has 2 aliphatic heterocycles. The van der Waals surface area contributed by atoms with Gasteiger partial charge in [0.15, 0.2) is 11.5 Å². The van der Waals surface area contributed by atoms with Crippen LogP contribution in [0.5, 0.6) is 11.5 Å². The maximum atomic E-state index is 12.7. The van der Waals surface area contributed by atoms with Gasteiger partial charge in [-0.1, -0.05) is 6.07 Å². The van der Waals surface area contributed by atoms with Gasteiger partial charge < -0.3 is 14.4 Å². The summed E-state index contributed by atoms with van der Waals surface area (Å²) in [5.74, 6) is 0.554. The number of benzene rings is 1. The van der Waals surface area contributed by atoms with Crippen molar-refractivity contribution in [3.63, 3.8) is 0 Å². The molecule has 2 fully saturated rings. The number of rotatable bonds is 6. The third-order valence-corrected chi connectivity index (χ3v) is 5.57. The van der Waals surface area contributed by atoms with E-state index in [0.717, 1.165) is 41.5 Å². The van der Waals surface area contributed by atoms with Gasteiger partial charge in [0.2, 0.25) is 5.91 Å². The quantitative estimate of drug-likeness (QED) is 0.678. The van der Waals surface area contributed by atoms with E-state index in [2.05, 4.69) is 0 Å². The molecule has 1 aromatic carbocycles. The highest BCUT2D eigenvalue weighted by atomic mass is 32.2. The van der Waals surface area contributed by atoms with Gasteiger partial charge in [-0.05, 0) is 61.7 Å². The Morgan fingerprint density at radius 2 is 1.93 bits per heavy atom. The Kier molecular flexibility index (Phi) is 6.61. The Hall–Kier alpha value is -2.48. The highest BCUT2D eigenvalue weighted by Gasteiger charge is 2.37. The van der Waals surface area contributed by atoms with Crippen molar-refractivity contribution in [3.05, 3.63) is 28.7 Å². The molecule has 3 rings (SSSR count). The molecule has 3 amide bonds. The van der Waals surface area contributed by atoms with Crippen molar-refractivity contribution in [3.8, 4) is 11.5 Å². The molecule has 0 atom stereocenters. The first kappa shape index (κ1) is 20.3. The van der Waals surface area contributed by atoms with Crippen LogP contribution < -0.4 is 9.47 Å². The van der Waals surface area contributed by atoms with Crippen molar-refractivity contribution >= 4 is 34.9 Å².